The van der Waals surface area contributed by atoms with Crippen LogP contribution >= 0.6 is 34.8 Å². The van der Waals surface area contributed by atoms with Crippen LogP contribution in [0.1, 0.15) is 6.42 Å². The first kappa shape index (κ1) is 20.0. The number of hydrogen-bond acceptors (Lipinski definition) is 3. The lowest BCUT2D eigenvalue weighted by Gasteiger charge is -2.28. The SMILES string of the molecule is CN(C(=O)N1CCCN(c2c(Cl)cncc2Cl)CC1)c1ccc(F)c(Cl)c1. The van der Waals surface area contributed by atoms with E-state index in [4.69, 9.17) is 34.8 Å². The molecule has 0 N–H and O–H groups in total. The first-order valence-electron chi connectivity index (χ1n) is 8.40. The standard InChI is InChI=1S/C18H18Cl3FN4O/c1-24(12-3-4-16(22)13(19)9-12)18(27)26-6-2-5-25(7-8-26)17-14(20)10-23-11-15(17)21/h3-4,9-11H,2,5-8H2,1H3. The van der Waals surface area contributed by atoms with Gasteiger partial charge in [0.15, 0.2) is 0 Å². The van der Waals surface area contributed by atoms with Gasteiger partial charge in [0.25, 0.3) is 0 Å². The summed E-state index contributed by atoms with van der Waals surface area (Å²) in [5.74, 6) is -0.516. The molecule has 1 aromatic carbocycles. The minimum atomic E-state index is -0.516. The largest absolute Gasteiger partial charge is 0.367 e. The fourth-order valence-electron chi connectivity index (χ4n) is 3.06. The summed E-state index contributed by atoms with van der Waals surface area (Å²) in [6.45, 7) is 2.41. The Morgan fingerprint density at radius 3 is 2.44 bits per heavy atom. The molecule has 5 nitrogen and oxygen atoms in total. The third kappa shape index (κ3) is 4.39. The predicted octanol–water partition coefficient (Wildman–Crippen LogP) is 4.95. The molecule has 0 aliphatic carbocycles. The summed E-state index contributed by atoms with van der Waals surface area (Å²) in [7, 11) is 1.64. The van der Waals surface area contributed by atoms with Gasteiger partial charge in [0.2, 0.25) is 0 Å². The van der Waals surface area contributed by atoms with Crippen LogP contribution in [0.5, 0.6) is 0 Å². The molecule has 3 rings (SSSR count). The third-order valence-corrected chi connectivity index (χ3v) is 5.33. The van der Waals surface area contributed by atoms with Crippen molar-refractivity contribution in [3.05, 3.63) is 51.5 Å². The summed E-state index contributed by atoms with van der Waals surface area (Å²) < 4.78 is 13.4. The molecule has 144 valence electrons. The van der Waals surface area contributed by atoms with E-state index < -0.39 is 5.82 Å². The minimum Gasteiger partial charge on any atom is -0.367 e. The predicted molar refractivity (Wildman–Crippen MR) is 108 cm³/mol. The van der Waals surface area contributed by atoms with Gasteiger partial charge in [0.1, 0.15) is 5.82 Å². The minimum absolute atomic E-state index is 0.0174. The van der Waals surface area contributed by atoms with Crippen molar-refractivity contribution in [1.29, 1.82) is 0 Å². The number of rotatable bonds is 2. The van der Waals surface area contributed by atoms with Gasteiger partial charge in [-0.2, -0.15) is 0 Å². The molecule has 0 unspecified atom stereocenters. The Labute approximate surface area is 172 Å². The molecule has 0 bridgehead atoms. The fourth-order valence-corrected chi connectivity index (χ4v) is 3.83. The molecule has 1 aliphatic heterocycles. The maximum Gasteiger partial charge on any atom is 0.324 e. The molecule has 0 saturated carbocycles. The average Bonchev–Trinajstić information content (AvgIpc) is 2.89. The topological polar surface area (TPSA) is 39.7 Å². The lowest BCUT2D eigenvalue weighted by molar-refractivity contribution is 0.209. The number of benzene rings is 1. The summed E-state index contributed by atoms with van der Waals surface area (Å²) in [6.07, 6.45) is 3.88. The Balaban J connectivity index is 1.72. The van der Waals surface area contributed by atoms with E-state index in [9.17, 15) is 9.18 Å². The van der Waals surface area contributed by atoms with Crippen LogP contribution in [-0.2, 0) is 0 Å². The van der Waals surface area contributed by atoms with Crippen molar-refractivity contribution >= 4 is 52.2 Å². The fraction of sp³-hybridized carbons (Fsp3) is 0.333. The maximum absolute atomic E-state index is 13.4. The van der Waals surface area contributed by atoms with E-state index in [0.717, 1.165) is 18.7 Å². The van der Waals surface area contributed by atoms with Crippen molar-refractivity contribution in [2.45, 2.75) is 6.42 Å². The van der Waals surface area contributed by atoms with Crippen molar-refractivity contribution in [3.8, 4) is 0 Å². The lowest BCUT2D eigenvalue weighted by atomic mass is 10.3. The Morgan fingerprint density at radius 1 is 1.07 bits per heavy atom. The number of hydrogen-bond donors (Lipinski definition) is 0. The molecule has 2 aromatic rings. The molecule has 2 heterocycles. The van der Waals surface area contributed by atoms with Gasteiger partial charge in [0.05, 0.1) is 20.8 Å². The van der Waals surface area contributed by atoms with Crippen LogP contribution in [-0.4, -0.2) is 49.1 Å². The smallest absolute Gasteiger partial charge is 0.324 e. The molecule has 0 radical (unpaired) electrons. The summed E-state index contributed by atoms with van der Waals surface area (Å²) in [4.78, 5) is 22.1. The molecule has 2 amide bonds. The second kappa shape index (κ2) is 8.50. The number of carbonyl (C=O) groups excluding carboxylic acids is 1. The van der Waals surface area contributed by atoms with E-state index in [2.05, 4.69) is 9.88 Å². The number of anilines is 2. The summed E-state index contributed by atoms with van der Waals surface area (Å²) >= 11 is 18.3. The van der Waals surface area contributed by atoms with Gasteiger partial charge < -0.3 is 9.80 Å². The van der Waals surface area contributed by atoms with Gasteiger partial charge >= 0.3 is 6.03 Å². The number of nitrogens with zero attached hydrogens (tertiary/aromatic N) is 4. The first-order chi connectivity index (χ1) is 12.9. The number of pyridine rings is 1. The number of urea groups is 1. The van der Waals surface area contributed by atoms with Gasteiger partial charge in [-0.15, -0.1) is 0 Å². The van der Waals surface area contributed by atoms with Crippen LogP contribution in [0.25, 0.3) is 0 Å². The van der Waals surface area contributed by atoms with E-state index in [1.165, 1.54) is 23.1 Å². The van der Waals surface area contributed by atoms with Crippen LogP contribution in [0.15, 0.2) is 30.6 Å². The van der Waals surface area contributed by atoms with Crippen LogP contribution in [0.2, 0.25) is 15.1 Å². The average molecular weight is 432 g/mol. The molecular formula is C18H18Cl3FN4O. The van der Waals surface area contributed by atoms with E-state index in [1.54, 1.807) is 24.3 Å². The zero-order valence-electron chi connectivity index (χ0n) is 14.6. The van der Waals surface area contributed by atoms with Crippen molar-refractivity contribution < 1.29 is 9.18 Å². The van der Waals surface area contributed by atoms with Gasteiger partial charge in [0, 0.05) is 51.3 Å². The zero-order valence-corrected chi connectivity index (χ0v) is 16.9. The van der Waals surface area contributed by atoms with Crippen molar-refractivity contribution in [3.63, 3.8) is 0 Å². The Morgan fingerprint density at radius 2 is 1.78 bits per heavy atom. The van der Waals surface area contributed by atoms with Crippen LogP contribution in [0.3, 0.4) is 0 Å². The highest BCUT2D eigenvalue weighted by Crippen LogP contribution is 2.33. The molecule has 9 heteroatoms. The molecule has 1 fully saturated rings. The van der Waals surface area contributed by atoms with Crippen molar-refractivity contribution in [1.82, 2.24) is 9.88 Å². The number of halogens is 4. The summed E-state index contributed by atoms with van der Waals surface area (Å²) in [6, 6.07) is 4.04. The normalized spacial score (nSPS) is 14.9. The molecule has 0 spiro atoms. The van der Waals surface area contributed by atoms with Crippen LogP contribution < -0.4 is 9.80 Å². The van der Waals surface area contributed by atoms with E-state index in [-0.39, 0.29) is 11.1 Å². The zero-order chi connectivity index (χ0) is 19.6. The maximum atomic E-state index is 13.4. The Bertz CT molecular complexity index is 831. The van der Waals surface area contributed by atoms with Gasteiger partial charge in [-0.25, -0.2) is 9.18 Å². The molecule has 1 aliphatic rings. The summed E-state index contributed by atoms with van der Waals surface area (Å²) in [5.41, 5.74) is 1.27. The molecule has 1 aromatic heterocycles. The Hall–Kier alpha value is -1.76. The van der Waals surface area contributed by atoms with E-state index >= 15 is 0 Å². The van der Waals surface area contributed by atoms with Crippen molar-refractivity contribution in [2.75, 3.05) is 43.0 Å². The number of aromatic nitrogens is 1. The van der Waals surface area contributed by atoms with Crippen molar-refractivity contribution in [2.24, 2.45) is 0 Å². The van der Waals surface area contributed by atoms with Crippen LogP contribution in [0, 0.1) is 5.82 Å². The number of amides is 2. The van der Waals surface area contributed by atoms with Gasteiger partial charge in [-0.05, 0) is 24.6 Å². The monoisotopic (exact) mass is 430 g/mol. The Kier molecular flexibility index (Phi) is 6.29. The highest BCUT2D eigenvalue weighted by molar-refractivity contribution is 6.38. The summed E-state index contributed by atoms with van der Waals surface area (Å²) in [5, 5.41) is 0.955. The highest BCUT2D eigenvalue weighted by atomic mass is 35.5. The second-order valence-electron chi connectivity index (χ2n) is 6.22. The third-order valence-electron chi connectivity index (χ3n) is 4.49. The highest BCUT2D eigenvalue weighted by Gasteiger charge is 2.24. The van der Waals surface area contributed by atoms with Crippen LogP contribution in [0.4, 0.5) is 20.6 Å². The van der Waals surface area contributed by atoms with Gasteiger partial charge in [-0.1, -0.05) is 34.8 Å². The van der Waals surface area contributed by atoms with E-state index in [1.807, 2.05) is 0 Å². The molecular weight excluding hydrogens is 414 g/mol. The van der Waals surface area contributed by atoms with E-state index in [0.29, 0.717) is 35.4 Å². The van der Waals surface area contributed by atoms with Gasteiger partial charge in [-0.3, -0.25) is 9.88 Å². The molecule has 0 atom stereocenters. The quantitative estimate of drug-likeness (QED) is 0.675. The molecule has 1 saturated heterocycles. The second-order valence-corrected chi connectivity index (χ2v) is 7.44. The number of carbonyl (C=O) groups is 1. The lowest BCUT2D eigenvalue weighted by Crippen LogP contribution is -2.43. The first-order valence-corrected chi connectivity index (χ1v) is 9.53. The molecule has 27 heavy (non-hydrogen) atoms.